The Balaban J connectivity index is 1.50. The number of hydrogen-bond acceptors (Lipinski definition) is 6. The molecule has 0 spiro atoms. The second-order valence-electron chi connectivity index (χ2n) is 5.41. The summed E-state index contributed by atoms with van der Waals surface area (Å²) in [6.07, 6.45) is 3.61. The van der Waals surface area contributed by atoms with Gasteiger partial charge in [0.2, 0.25) is 0 Å². The molecule has 0 aliphatic heterocycles. The number of nitrogens with zero attached hydrogens (tertiary/aromatic N) is 3. The van der Waals surface area contributed by atoms with E-state index in [0.717, 1.165) is 10.6 Å². The fourth-order valence-electron chi connectivity index (χ4n) is 2.20. The van der Waals surface area contributed by atoms with Gasteiger partial charge in [-0.25, -0.2) is 4.98 Å². The van der Waals surface area contributed by atoms with Crippen molar-refractivity contribution in [3.8, 4) is 16.3 Å². The summed E-state index contributed by atoms with van der Waals surface area (Å²) in [6, 6.07) is 5.86. The van der Waals surface area contributed by atoms with Crippen LogP contribution in [0.4, 0.5) is 8.78 Å². The Hall–Kier alpha value is -2.81. The molecule has 0 N–H and O–H groups in total. The number of alkyl halides is 2. The number of aryl methyl sites for hydroxylation is 1. The van der Waals surface area contributed by atoms with Gasteiger partial charge in [-0.05, 0) is 17.7 Å². The predicted octanol–water partition coefficient (Wildman–Crippen LogP) is 3.43. The first-order valence-electron chi connectivity index (χ1n) is 7.62. The highest BCUT2D eigenvalue weighted by Crippen LogP contribution is 2.23. The fraction of sp³-hybridized carbons (Fsp3) is 0.235. The van der Waals surface area contributed by atoms with E-state index < -0.39 is 12.6 Å². The van der Waals surface area contributed by atoms with Crippen molar-refractivity contribution in [2.75, 3.05) is 0 Å². The Morgan fingerprint density at radius 3 is 2.73 bits per heavy atom. The standard InChI is InChI=1S/C17H15F2N3O3S/c1-22-8-12(7-20-22)16-21-13(10-26-16)9-24-15(23)6-11-2-4-14(5-3-11)25-17(18)19/h2-5,7-8,10,17H,6,9H2,1H3. The number of thiazole rings is 1. The van der Waals surface area contributed by atoms with Crippen molar-refractivity contribution in [2.45, 2.75) is 19.6 Å². The van der Waals surface area contributed by atoms with Crippen LogP contribution in [0.2, 0.25) is 0 Å². The predicted molar refractivity (Wildman–Crippen MR) is 90.9 cm³/mol. The quantitative estimate of drug-likeness (QED) is 0.589. The molecule has 9 heteroatoms. The zero-order chi connectivity index (χ0) is 18.5. The van der Waals surface area contributed by atoms with Gasteiger partial charge in [0, 0.05) is 24.2 Å². The van der Waals surface area contributed by atoms with Gasteiger partial charge in [-0.2, -0.15) is 13.9 Å². The topological polar surface area (TPSA) is 66.2 Å². The average Bonchev–Trinajstić information content (AvgIpc) is 3.23. The SMILES string of the molecule is Cn1cc(-c2nc(COC(=O)Cc3ccc(OC(F)F)cc3)cs2)cn1. The van der Waals surface area contributed by atoms with Crippen molar-refractivity contribution < 1.29 is 23.0 Å². The maximum absolute atomic E-state index is 12.1. The smallest absolute Gasteiger partial charge is 0.387 e. The molecule has 26 heavy (non-hydrogen) atoms. The molecule has 136 valence electrons. The summed E-state index contributed by atoms with van der Waals surface area (Å²) in [6.45, 7) is -2.80. The van der Waals surface area contributed by atoms with E-state index >= 15 is 0 Å². The Bertz CT molecular complexity index is 878. The highest BCUT2D eigenvalue weighted by atomic mass is 32.1. The van der Waals surface area contributed by atoms with Crippen LogP contribution in [-0.2, 0) is 29.6 Å². The van der Waals surface area contributed by atoms with Gasteiger partial charge in [-0.15, -0.1) is 11.3 Å². The van der Waals surface area contributed by atoms with Gasteiger partial charge in [0.05, 0.1) is 18.3 Å². The maximum Gasteiger partial charge on any atom is 0.387 e. The number of hydrogen-bond donors (Lipinski definition) is 0. The van der Waals surface area contributed by atoms with Crippen LogP contribution in [0.3, 0.4) is 0 Å². The van der Waals surface area contributed by atoms with E-state index in [2.05, 4.69) is 14.8 Å². The normalized spacial score (nSPS) is 10.9. The first kappa shape index (κ1) is 18.0. The molecule has 0 bridgehead atoms. The number of ether oxygens (including phenoxy) is 2. The summed E-state index contributed by atoms with van der Waals surface area (Å²) < 4.78 is 35.4. The summed E-state index contributed by atoms with van der Waals surface area (Å²) in [5.41, 5.74) is 2.20. The molecule has 0 aliphatic carbocycles. The molecule has 0 unspecified atom stereocenters. The zero-order valence-electron chi connectivity index (χ0n) is 13.8. The van der Waals surface area contributed by atoms with E-state index in [-0.39, 0.29) is 18.8 Å². The van der Waals surface area contributed by atoms with Crippen LogP contribution in [0, 0.1) is 0 Å². The zero-order valence-corrected chi connectivity index (χ0v) is 14.6. The number of rotatable bonds is 7. The minimum atomic E-state index is -2.87. The largest absolute Gasteiger partial charge is 0.459 e. The monoisotopic (exact) mass is 379 g/mol. The lowest BCUT2D eigenvalue weighted by atomic mass is 10.1. The molecule has 2 aromatic heterocycles. The van der Waals surface area contributed by atoms with Gasteiger partial charge in [0.25, 0.3) is 0 Å². The lowest BCUT2D eigenvalue weighted by Crippen LogP contribution is -2.08. The Labute approximate surface area is 152 Å². The lowest BCUT2D eigenvalue weighted by Gasteiger charge is -2.06. The summed E-state index contributed by atoms with van der Waals surface area (Å²) in [7, 11) is 1.83. The summed E-state index contributed by atoms with van der Waals surface area (Å²) in [5, 5.41) is 6.72. The summed E-state index contributed by atoms with van der Waals surface area (Å²) in [5.74, 6) is -0.383. The lowest BCUT2D eigenvalue weighted by molar-refractivity contribution is -0.144. The van der Waals surface area contributed by atoms with E-state index in [9.17, 15) is 13.6 Å². The number of halogens is 2. The van der Waals surface area contributed by atoms with Crippen molar-refractivity contribution in [3.63, 3.8) is 0 Å². The number of benzene rings is 1. The number of carbonyl (C=O) groups excluding carboxylic acids is 1. The minimum Gasteiger partial charge on any atom is -0.459 e. The third-order valence-electron chi connectivity index (χ3n) is 3.38. The van der Waals surface area contributed by atoms with Gasteiger partial charge in [0.1, 0.15) is 17.4 Å². The van der Waals surface area contributed by atoms with Crippen LogP contribution < -0.4 is 4.74 Å². The first-order valence-corrected chi connectivity index (χ1v) is 8.50. The molecule has 0 saturated carbocycles. The van der Waals surface area contributed by atoms with Gasteiger partial charge in [-0.3, -0.25) is 9.48 Å². The molecular formula is C17H15F2N3O3S. The second kappa shape index (κ2) is 8.05. The molecule has 3 rings (SSSR count). The van der Waals surface area contributed by atoms with Crippen LogP contribution in [-0.4, -0.2) is 27.3 Å². The summed E-state index contributed by atoms with van der Waals surface area (Å²) >= 11 is 1.45. The highest BCUT2D eigenvalue weighted by molar-refractivity contribution is 7.13. The van der Waals surface area contributed by atoms with Crippen LogP contribution in [0.5, 0.6) is 5.75 Å². The van der Waals surface area contributed by atoms with Gasteiger partial charge in [-0.1, -0.05) is 12.1 Å². The highest BCUT2D eigenvalue weighted by Gasteiger charge is 2.10. The second-order valence-corrected chi connectivity index (χ2v) is 6.26. The van der Waals surface area contributed by atoms with E-state index in [0.29, 0.717) is 11.3 Å². The molecule has 2 heterocycles. The van der Waals surface area contributed by atoms with Crippen LogP contribution in [0.15, 0.2) is 42.0 Å². The van der Waals surface area contributed by atoms with Gasteiger partial charge in [0.15, 0.2) is 0 Å². The van der Waals surface area contributed by atoms with Crippen molar-refractivity contribution in [1.82, 2.24) is 14.8 Å². The van der Waals surface area contributed by atoms with Crippen molar-refractivity contribution in [1.29, 1.82) is 0 Å². The van der Waals surface area contributed by atoms with Gasteiger partial charge < -0.3 is 9.47 Å². The fourth-order valence-corrected chi connectivity index (χ4v) is 2.98. The maximum atomic E-state index is 12.1. The molecule has 0 fully saturated rings. The minimum absolute atomic E-state index is 0.0363. The number of esters is 1. The molecule has 0 amide bonds. The number of aromatic nitrogens is 3. The van der Waals surface area contributed by atoms with E-state index in [1.54, 1.807) is 23.0 Å². The van der Waals surface area contributed by atoms with Crippen molar-refractivity contribution in [2.24, 2.45) is 7.05 Å². The van der Waals surface area contributed by atoms with Crippen LogP contribution in [0.25, 0.3) is 10.6 Å². The molecule has 0 aliphatic rings. The molecule has 3 aromatic rings. The van der Waals surface area contributed by atoms with Crippen LogP contribution >= 0.6 is 11.3 Å². The molecule has 0 atom stereocenters. The van der Waals surface area contributed by atoms with Gasteiger partial charge >= 0.3 is 12.6 Å². The van der Waals surface area contributed by atoms with Crippen molar-refractivity contribution >= 4 is 17.3 Å². The average molecular weight is 379 g/mol. The first-order chi connectivity index (χ1) is 12.5. The van der Waals surface area contributed by atoms with Crippen molar-refractivity contribution in [3.05, 3.63) is 53.3 Å². The third kappa shape index (κ3) is 4.85. The number of carbonyl (C=O) groups is 1. The molecule has 0 radical (unpaired) electrons. The van der Waals surface area contributed by atoms with E-state index in [1.807, 2.05) is 18.6 Å². The Morgan fingerprint density at radius 2 is 2.08 bits per heavy atom. The van der Waals surface area contributed by atoms with E-state index in [1.165, 1.54) is 23.5 Å². The Morgan fingerprint density at radius 1 is 1.31 bits per heavy atom. The molecule has 6 nitrogen and oxygen atoms in total. The third-order valence-corrected chi connectivity index (χ3v) is 4.32. The Kier molecular flexibility index (Phi) is 5.57. The summed E-state index contributed by atoms with van der Waals surface area (Å²) in [4.78, 5) is 16.3. The molecule has 0 saturated heterocycles. The molecular weight excluding hydrogens is 364 g/mol. The van der Waals surface area contributed by atoms with E-state index in [4.69, 9.17) is 4.74 Å². The molecule has 1 aromatic carbocycles. The van der Waals surface area contributed by atoms with Crippen LogP contribution in [0.1, 0.15) is 11.3 Å².